The lowest BCUT2D eigenvalue weighted by atomic mass is 10.2. The topological polar surface area (TPSA) is 51.5 Å². The molecule has 0 fully saturated rings. The maximum Gasteiger partial charge on any atom is 0.291 e. The molecule has 0 atom stereocenters. The molecule has 0 saturated carbocycles. The number of rotatable bonds is 5. The Bertz CT molecular complexity index is 736. The van der Waals surface area contributed by atoms with E-state index in [2.05, 4.69) is 5.32 Å². The number of carbonyl (C=O) groups excluding carboxylic acids is 1. The van der Waals surface area contributed by atoms with Crippen molar-refractivity contribution in [2.45, 2.75) is 6.61 Å². The van der Waals surface area contributed by atoms with Crippen molar-refractivity contribution in [1.29, 1.82) is 0 Å². The van der Waals surface area contributed by atoms with Crippen molar-refractivity contribution in [2.75, 3.05) is 5.32 Å². The number of nitrogens with one attached hydrogen (secondary N) is 1. The number of ether oxygens (including phenoxy) is 1. The van der Waals surface area contributed by atoms with E-state index in [1.807, 2.05) is 48.5 Å². The molecule has 110 valence electrons. The molecule has 1 aromatic heterocycles. The second-order valence-corrected chi connectivity index (χ2v) is 4.70. The number of amides is 1. The molecular weight excluding hydrogens is 278 g/mol. The number of carbonyl (C=O) groups is 1. The zero-order valence-corrected chi connectivity index (χ0v) is 11.9. The van der Waals surface area contributed by atoms with Crippen molar-refractivity contribution in [1.82, 2.24) is 0 Å². The van der Waals surface area contributed by atoms with Crippen LogP contribution in [0.2, 0.25) is 0 Å². The van der Waals surface area contributed by atoms with Crippen LogP contribution < -0.4 is 10.1 Å². The van der Waals surface area contributed by atoms with Crippen LogP contribution in [0.4, 0.5) is 5.69 Å². The van der Waals surface area contributed by atoms with Gasteiger partial charge in [-0.05, 0) is 29.8 Å². The summed E-state index contributed by atoms with van der Waals surface area (Å²) in [4.78, 5) is 12.0. The highest BCUT2D eigenvalue weighted by atomic mass is 16.5. The summed E-state index contributed by atoms with van der Waals surface area (Å²) in [6.07, 6.45) is 1.47. The van der Waals surface area contributed by atoms with Gasteiger partial charge < -0.3 is 14.5 Å². The standard InChI is InChI=1S/C18H15NO3/c20-18(17-11-6-12-21-17)19-15-9-4-5-10-16(15)22-13-14-7-2-1-3-8-14/h1-12H,13H2,(H,19,20). The average Bonchev–Trinajstić information content (AvgIpc) is 3.10. The van der Waals surface area contributed by atoms with E-state index in [0.29, 0.717) is 18.0 Å². The van der Waals surface area contributed by atoms with Crippen LogP contribution in [0.1, 0.15) is 16.1 Å². The van der Waals surface area contributed by atoms with E-state index in [-0.39, 0.29) is 11.7 Å². The van der Waals surface area contributed by atoms with E-state index in [4.69, 9.17) is 9.15 Å². The van der Waals surface area contributed by atoms with E-state index >= 15 is 0 Å². The minimum atomic E-state index is -0.305. The number of benzene rings is 2. The minimum absolute atomic E-state index is 0.262. The lowest BCUT2D eigenvalue weighted by molar-refractivity contribution is 0.0996. The molecule has 0 spiro atoms. The smallest absolute Gasteiger partial charge is 0.291 e. The van der Waals surface area contributed by atoms with Crippen LogP contribution in [0.3, 0.4) is 0 Å². The summed E-state index contributed by atoms with van der Waals surface area (Å²) >= 11 is 0. The Kier molecular flexibility index (Phi) is 4.20. The van der Waals surface area contributed by atoms with Crippen LogP contribution in [0.15, 0.2) is 77.4 Å². The van der Waals surface area contributed by atoms with Crippen LogP contribution >= 0.6 is 0 Å². The van der Waals surface area contributed by atoms with Gasteiger partial charge in [0.25, 0.3) is 5.91 Å². The second-order valence-electron chi connectivity index (χ2n) is 4.70. The van der Waals surface area contributed by atoms with Crippen molar-refractivity contribution in [3.63, 3.8) is 0 Å². The highest BCUT2D eigenvalue weighted by molar-refractivity contribution is 6.03. The molecule has 2 aromatic carbocycles. The molecule has 22 heavy (non-hydrogen) atoms. The summed E-state index contributed by atoms with van der Waals surface area (Å²) in [5.74, 6) is 0.574. The molecule has 1 N–H and O–H groups in total. The number of hydrogen-bond donors (Lipinski definition) is 1. The number of para-hydroxylation sites is 2. The third-order valence-corrected chi connectivity index (χ3v) is 3.12. The molecule has 3 aromatic rings. The molecule has 0 unspecified atom stereocenters. The fourth-order valence-corrected chi connectivity index (χ4v) is 2.02. The average molecular weight is 293 g/mol. The van der Waals surface area contributed by atoms with Gasteiger partial charge in [-0.1, -0.05) is 42.5 Å². The first-order chi connectivity index (χ1) is 10.8. The SMILES string of the molecule is O=C(Nc1ccccc1OCc1ccccc1)c1ccco1. The molecule has 0 saturated heterocycles. The first kappa shape index (κ1) is 13.9. The first-order valence-electron chi connectivity index (χ1n) is 6.93. The highest BCUT2D eigenvalue weighted by Gasteiger charge is 2.11. The lowest BCUT2D eigenvalue weighted by Gasteiger charge is -2.12. The maximum absolute atomic E-state index is 12.0. The molecule has 4 heteroatoms. The van der Waals surface area contributed by atoms with Gasteiger partial charge in [0.2, 0.25) is 0 Å². The van der Waals surface area contributed by atoms with Crippen LogP contribution in [-0.2, 0) is 6.61 Å². The predicted molar refractivity (Wildman–Crippen MR) is 83.9 cm³/mol. The van der Waals surface area contributed by atoms with Gasteiger partial charge in [0.15, 0.2) is 5.76 Å². The fraction of sp³-hybridized carbons (Fsp3) is 0.0556. The fourth-order valence-electron chi connectivity index (χ4n) is 2.02. The van der Waals surface area contributed by atoms with Crippen molar-refractivity contribution in [2.24, 2.45) is 0 Å². The number of furan rings is 1. The Morgan fingerprint density at radius 1 is 0.955 bits per heavy atom. The normalized spacial score (nSPS) is 10.2. The van der Waals surface area contributed by atoms with Crippen molar-refractivity contribution in [3.8, 4) is 5.75 Å². The zero-order valence-electron chi connectivity index (χ0n) is 11.9. The Morgan fingerprint density at radius 2 is 1.73 bits per heavy atom. The summed E-state index contributed by atoms with van der Waals surface area (Å²) in [5, 5.41) is 2.79. The third-order valence-electron chi connectivity index (χ3n) is 3.12. The van der Waals surface area contributed by atoms with Crippen LogP contribution in [0.5, 0.6) is 5.75 Å². The summed E-state index contributed by atoms with van der Waals surface area (Å²) in [6.45, 7) is 0.439. The van der Waals surface area contributed by atoms with Crippen molar-refractivity contribution < 1.29 is 13.9 Å². The van der Waals surface area contributed by atoms with E-state index in [1.165, 1.54) is 6.26 Å². The summed E-state index contributed by atoms with van der Waals surface area (Å²) in [5.41, 5.74) is 1.68. The Morgan fingerprint density at radius 3 is 2.50 bits per heavy atom. The van der Waals surface area contributed by atoms with Gasteiger partial charge in [0.05, 0.1) is 12.0 Å². The molecule has 1 heterocycles. The second kappa shape index (κ2) is 6.63. The van der Waals surface area contributed by atoms with Gasteiger partial charge in [-0.15, -0.1) is 0 Å². The third kappa shape index (κ3) is 3.35. The van der Waals surface area contributed by atoms with E-state index < -0.39 is 0 Å². The number of anilines is 1. The van der Waals surface area contributed by atoms with Crippen molar-refractivity contribution in [3.05, 3.63) is 84.3 Å². The van der Waals surface area contributed by atoms with E-state index in [1.54, 1.807) is 18.2 Å². The molecular formula is C18H15NO3. The Hall–Kier alpha value is -3.01. The number of hydrogen-bond acceptors (Lipinski definition) is 3. The zero-order chi connectivity index (χ0) is 15.2. The Labute approximate surface area is 128 Å². The summed E-state index contributed by atoms with van der Waals surface area (Å²) in [6, 6.07) is 20.5. The predicted octanol–water partition coefficient (Wildman–Crippen LogP) is 4.11. The van der Waals surface area contributed by atoms with E-state index in [0.717, 1.165) is 5.56 Å². The molecule has 1 amide bonds. The van der Waals surface area contributed by atoms with Crippen LogP contribution in [0, 0.1) is 0 Å². The molecule has 0 bridgehead atoms. The van der Waals surface area contributed by atoms with Gasteiger partial charge in [0.1, 0.15) is 12.4 Å². The summed E-state index contributed by atoms with van der Waals surface area (Å²) < 4.78 is 10.9. The monoisotopic (exact) mass is 293 g/mol. The molecule has 0 aliphatic carbocycles. The first-order valence-corrected chi connectivity index (χ1v) is 6.93. The van der Waals surface area contributed by atoms with Gasteiger partial charge in [0, 0.05) is 0 Å². The summed E-state index contributed by atoms with van der Waals surface area (Å²) in [7, 11) is 0. The quantitative estimate of drug-likeness (QED) is 0.770. The molecule has 0 aliphatic heterocycles. The molecule has 0 radical (unpaired) electrons. The van der Waals surface area contributed by atoms with E-state index in [9.17, 15) is 4.79 Å². The minimum Gasteiger partial charge on any atom is -0.487 e. The highest BCUT2D eigenvalue weighted by Crippen LogP contribution is 2.25. The Balaban J connectivity index is 1.71. The van der Waals surface area contributed by atoms with Crippen LogP contribution in [0.25, 0.3) is 0 Å². The molecule has 4 nitrogen and oxygen atoms in total. The van der Waals surface area contributed by atoms with Crippen molar-refractivity contribution >= 4 is 11.6 Å². The maximum atomic E-state index is 12.0. The van der Waals surface area contributed by atoms with Crippen LogP contribution in [-0.4, -0.2) is 5.91 Å². The van der Waals surface area contributed by atoms with Gasteiger partial charge in [-0.3, -0.25) is 4.79 Å². The molecule has 0 aliphatic rings. The van der Waals surface area contributed by atoms with Gasteiger partial charge in [-0.2, -0.15) is 0 Å². The molecule has 3 rings (SSSR count). The van der Waals surface area contributed by atoms with Gasteiger partial charge >= 0.3 is 0 Å². The van der Waals surface area contributed by atoms with Gasteiger partial charge in [-0.25, -0.2) is 0 Å². The lowest BCUT2D eigenvalue weighted by Crippen LogP contribution is -2.12. The largest absolute Gasteiger partial charge is 0.487 e.